The number of nitrogens with zero attached hydrogens (tertiary/aromatic N) is 1. The van der Waals surface area contributed by atoms with Gasteiger partial charge in [0.05, 0.1) is 0 Å². The van der Waals surface area contributed by atoms with E-state index < -0.39 is 40.7 Å². The fourth-order valence-corrected chi connectivity index (χ4v) is 5.42. The number of fused-ring (bicyclic) bond motifs is 2. The number of aliphatic carboxylic acids is 1. The molecule has 0 spiro atoms. The Bertz CT molecular complexity index is 1240. The number of carboxylic acid groups (broad SMARTS) is 1. The second-order valence-corrected chi connectivity index (χ2v) is 9.28. The number of amides is 2. The highest BCUT2D eigenvalue weighted by molar-refractivity contribution is 8.00. The molecule has 1 fully saturated rings. The zero-order chi connectivity index (χ0) is 24.6. The minimum absolute atomic E-state index is 0.154. The number of aromatic amines is 1. The van der Waals surface area contributed by atoms with Crippen LogP contribution in [0.25, 0.3) is 10.9 Å². The van der Waals surface area contributed by atoms with Crippen molar-refractivity contribution in [3.05, 3.63) is 60.0 Å². The number of thioether (sulfide) groups is 1. The topological polar surface area (TPSA) is 155 Å². The first-order valence-electron chi connectivity index (χ1n) is 10.5. The quantitative estimate of drug-likeness (QED) is 0.245. The maximum atomic E-state index is 13.2. The minimum Gasteiger partial charge on any atom is -0.477 e. The first kappa shape index (κ1) is 23.6. The molecule has 0 radical (unpaired) electrons. The number of H-pyrrole nitrogens is 1. The Balaban J connectivity index is 1.50. The summed E-state index contributed by atoms with van der Waals surface area (Å²) in [6.07, 6.45) is 3.28. The van der Waals surface area contributed by atoms with Gasteiger partial charge < -0.3 is 25.9 Å². The monoisotopic (exact) mass is 484 g/mol. The van der Waals surface area contributed by atoms with Crippen LogP contribution in [0.15, 0.2) is 54.4 Å². The van der Waals surface area contributed by atoms with E-state index in [1.165, 1.54) is 24.8 Å². The number of benzene rings is 1. The third kappa shape index (κ3) is 4.08. The summed E-state index contributed by atoms with van der Waals surface area (Å²) in [6, 6.07) is 6.67. The lowest BCUT2D eigenvalue weighted by Crippen LogP contribution is -2.72. The summed E-state index contributed by atoms with van der Waals surface area (Å²) >= 11 is 1.28. The van der Waals surface area contributed by atoms with Crippen LogP contribution in [0, 0.1) is 0 Å². The Kier molecular flexibility index (Phi) is 6.24. The summed E-state index contributed by atoms with van der Waals surface area (Å²) in [6.45, 7) is 4.72. The highest BCUT2D eigenvalue weighted by atomic mass is 32.2. The summed E-state index contributed by atoms with van der Waals surface area (Å²) in [7, 11) is 0. The van der Waals surface area contributed by atoms with Gasteiger partial charge in [-0.2, -0.15) is 0 Å². The number of ether oxygens (including phenoxy) is 1. The van der Waals surface area contributed by atoms with Crippen molar-refractivity contribution in [2.45, 2.75) is 30.3 Å². The second-order valence-electron chi connectivity index (χ2n) is 8.18. The van der Waals surface area contributed by atoms with Crippen molar-refractivity contribution in [1.82, 2.24) is 15.2 Å². The SMILES string of the molecule is C=CC(N)(Cc1c[nH]c2ccccc12)C(=O)NC1C(=O)N2C(C(=O)O)=C(COC(C)=O)CSC12. The maximum absolute atomic E-state index is 13.2. The summed E-state index contributed by atoms with van der Waals surface area (Å²) in [5, 5.41) is 12.7. The fourth-order valence-electron chi connectivity index (χ4n) is 4.10. The summed E-state index contributed by atoms with van der Waals surface area (Å²) in [4.78, 5) is 53.2. The van der Waals surface area contributed by atoms with Crippen LogP contribution < -0.4 is 11.1 Å². The number of carbonyl (C=O) groups is 4. The van der Waals surface area contributed by atoms with Gasteiger partial charge in [-0.05, 0) is 11.6 Å². The van der Waals surface area contributed by atoms with Gasteiger partial charge in [-0.1, -0.05) is 24.3 Å². The number of β-lactam (4-membered cyclic amide) rings is 1. The molecule has 4 rings (SSSR count). The van der Waals surface area contributed by atoms with Crippen LogP contribution in [-0.2, 0) is 30.3 Å². The first-order chi connectivity index (χ1) is 16.2. The molecule has 0 aliphatic carbocycles. The van der Waals surface area contributed by atoms with E-state index in [0.29, 0.717) is 5.57 Å². The van der Waals surface area contributed by atoms with Crippen molar-refractivity contribution < 1.29 is 29.0 Å². The van der Waals surface area contributed by atoms with Gasteiger partial charge in [-0.25, -0.2) is 4.79 Å². The molecule has 178 valence electrons. The molecule has 2 aromatic rings. The van der Waals surface area contributed by atoms with Gasteiger partial charge in [0.15, 0.2) is 0 Å². The van der Waals surface area contributed by atoms with E-state index in [1.807, 2.05) is 24.3 Å². The van der Waals surface area contributed by atoms with Gasteiger partial charge in [0.2, 0.25) is 5.91 Å². The molecule has 0 bridgehead atoms. The van der Waals surface area contributed by atoms with Crippen molar-refractivity contribution in [2.75, 3.05) is 12.4 Å². The summed E-state index contributed by atoms with van der Waals surface area (Å²) in [5.74, 6) is -2.77. The van der Waals surface area contributed by atoms with Crippen LogP contribution in [0.4, 0.5) is 0 Å². The number of para-hydroxylation sites is 1. The molecule has 3 unspecified atom stereocenters. The van der Waals surface area contributed by atoms with Gasteiger partial charge >= 0.3 is 11.9 Å². The Morgan fingerprint density at radius 1 is 1.41 bits per heavy atom. The van der Waals surface area contributed by atoms with Gasteiger partial charge in [0.1, 0.15) is 29.3 Å². The van der Waals surface area contributed by atoms with Crippen LogP contribution in [0.3, 0.4) is 0 Å². The number of hydrogen-bond donors (Lipinski definition) is 4. The molecule has 1 aromatic heterocycles. The lowest BCUT2D eigenvalue weighted by molar-refractivity contribution is -0.151. The fraction of sp³-hybridized carbons (Fsp3) is 0.304. The molecule has 5 N–H and O–H groups in total. The van der Waals surface area contributed by atoms with E-state index in [2.05, 4.69) is 16.9 Å². The molecular formula is C23H24N4O6S. The van der Waals surface area contributed by atoms with E-state index >= 15 is 0 Å². The number of aromatic nitrogens is 1. The normalized spacial score (nSPS) is 21.4. The smallest absolute Gasteiger partial charge is 0.352 e. The van der Waals surface area contributed by atoms with Crippen LogP contribution in [0.5, 0.6) is 0 Å². The van der Waals surface area contributed by atoms with E-state index in [9.17, 15) is 24.3 Å². The molecule has 11 heteroatoms. The molecule has 2 aliphatic rings. The standard InChI is InChI=1S/C23H24N4O6S/c1-3-23(24,8-13-9-25-16-7-5-4-6-15(13)16)22(32)26-17-19(29)27-18(21(30)31)14(10-33-12(2)28)11-34-20(17)27/h3-7,9,17,20,25H,1,8,10-11,24H2,2H3,(H,26,32)(H,30,31). The highest BCUT2D eigenvalue weighted by Gasteiger charge is 2.55. The van der Waals surface area contributed by atoms with E-state index in [-0.39, 0.29) is 24.5 Å². The van der Waals surface area contributed by atoms with Crippen molar-refractivity contribution in [3.8, 4) is 0 Å². The number of hydrogen-bond acceptors (Lipinski definition) is 7. The van der Waals surface area contributed by atoms with Gasteiger partial charge in [0, 0.05) is 41.8 Å². The van der Waals surface area contributed by atoms with E-state index in [4.69, 9.17) is 10.5 Å². The Morgan fingerprint density at radius 3 is 2.82 bits per heavy atom. The van der Waals surface area contributed by atoms with Gasteiger partial charge in [0.25, 0.3) is 5.91 Å². The second kappa shape index (κ2) is 8.99. The number of esters is 1. The van der Waals surface area contributed by atoms with Crippen LogP contribution in [0.1, 0.15) is 12.5 Å². The average molecular weight is 485 g/mol. The molecule has 3 atom stereocenters. The van der Waals surface area contributed by atoms with Crippen LogP contribution in [0.2, 0.25) is 0 Å². The molecule has 2 amide bonds. The zero-order valence-electron chi connectivity index (χ0n) is 18.4. The van der Waals surface area contributed by atoms with Crippen molar-refractivity contribution in [1.29, 1.82) is 0 Å². The maximum Gasteiger partial charge on any atom is 0.352 e. The van der Waals surface area contributed by atoms with Crippen molar-refractivity contribution >= 4 is 46.4 Å². The van der Waals surface area contributed by atoms with Gasteiger partial charge in [-0.15, -0.1) is 18.3 Å². The Labute approximate surface area is 199 Å². The molecule has 34 heavy (non-hydrogen) atoms. The number of carboxylic acids is 1. The number of rotatable bonds is 8. The molecule has 1 saturated heterocycles. The minimum atomic E-state index is -1.49. The molecule has 10 nitrogen and oxygen atoms in total. The van der Waals surface area contributed by atoms with Gasteiger partial charge in [-0.3, -0.25) is 19.3 Å². The predicted molar refractivity (Wildman–Crippen MR) is 125 cm³/mol. The van der Waals surface area contributed by atoms with E-state index in [1.54, 1.807) is 6.20 Å². The molecule has 1 aromatic carbocycles. The molecular weight excluding hydrogens is 460 g/mol. The summed E-state index contributed by atoms with van der Waals surface area (Å²) < 4.78 is 4.92. The van der Waals surface area contributed by atoms with Crippen molar-refractivity contribution in [3.63, 3.8) is 0 Å². The van der Waals surface area contributed by atoms with Crippen LogP contribution >= 0.6 is 11.8 Å². The van der Waals surface area contributed by atoms with Crippen molar-refractivity contribution in [2.24, 2.45) is 5.73 Å². The predicted octanol–water partition coefficient (Wildman–Crippen LogP) is 0.896. The number of nitrogens with one attached hydrogen (secondary N) is 2. The highest BCUT2D eigenvalue weighted by Crippen LogP contribution is 2.40. The number of nitrogens with two attached hydrogens (primary N) is 1. The zero-order valence-corrected chi connectivity index (χ0v) is 19.2. The lowest BCUT2D eigenvalue weighted by atomic mass is 9.89. The molecule has 2 aliphatic heterocycles. The average Bonchev–Trinajstić information content (AvgIpc) is 3.22. The third-order valence-corrected chi connectivity index (χ3v) is 7.27. The largest absolute Gasteiger partial charge is 0.477 e. The molecule has 3 heterocycles. The lowest BCUT2D eigenvalue weighted by Gasteiger charge is -2.49. The van der Waals surface area contributed by atoms with Crippen LogP contribution in [-0.4, -0.2) is 68.1 Å². The Hall–Kier alpha value is -3.57. The molecule has 0 saturated carbocycles. The Morgan fingerprint density at radius 2 is 2.15 bits per heavy atom. The van der Waals surface area contributed by atoms with E-state index in [0.717, 1.165) is 21.4 Å². The number of carbonyl (C=O) groups excluding carboxylic acids is 3. The third-order valence-electron chi connectivity index (χ3n) is 5.93. The summed E-state index contributed by atoms with van der Waals surface area (Å²) in [5.41, 5.74) is 6.75. The first-order valence-corrected chi connectivity index (χ1v) is 11.5.